The van der Waals surface area contributed by atoms with E-state index in [0.717, 1.165) is 19.4 Å². The van der Waals surface area contributed by atoms with Crippen molar-refractivity contribution in [3.8, 4) is 5.75 Å². The molecule has 2 fully saturated rings. The predicted molar refractivity (Wildman–Crippen MR) is 158 cm³/mol. The van der Waals surface area contributed by atoms with E-state index in [0.29, 0.717) is 49.4 Å². The summed E-state index contributed by atoms with van der Waals surface area (Å²) in [6.45, 7) is 5.72. The van der Waals surface area contributed by atoms with E-state index >= 15 is 0 Å². The summed E-state index contributed by atoms with van der Waals surface area (Å²) in [5.41, 5.74) is 0.375. The number of halogens is 3. The number of piperidine rings is 1. The van der Waals surface area contributed by atoms with E-state index in [-0.39, 0.29) is 41.6 Å². The monoisotopic (exact) mass is 678 g/mol. The second-order valence-electron chi connectivity index (χ2n) is 11.7. The van der Waals surface area contributed by atoms with Crippen molar-refractivity contribution in [2.24, 2.45) is 0 Å². The molecule has 2 heterocycles. The molecule has 17 heteroatoms. The van der Waals surface area contributed by atoms with E-state index in [1.165, 1.54) is 10.6 Å². The summed E-state index contributed by atoms with van der Waals surface area (Å²) in [6.07, 6.45) is -1.48. The van der Waals surface area contributed by atoms with Crippen molar-refractivity contribution in [3.63, 3.8) is 0 Å². The first-order chi connectivity index (χ1) is 21.4. The number of methoxy groups -OCH3 is 1. The number of sulfonamides is 1. The molecule has 2 N–H and O–H groups in total. The number of aromatic nitrogens is 1. The number of carbonyl (C=O) groups excluding carboxylic acids is 1. The minimum Gasteiger partial charge on any atom is -0.497 e. The average molecular weight is 679 g/mol. The van der Waals surface area contributed by atoms with Crippen LogP contribution in [0.5, 0.6) is 5.75 Å². The van der Waals surface area contributed by atoms with Gasteiger partial charge in [0, 0.05) is 25.7 Å². The molecule has 0 unspecified atom stereocenters. The molecular formula is C29H41F3N4O9S. The zero-order valence-corrected chi connectivity index (χ0v) is 27.3. The molecule has 0 atom stereocenters. The number of hydrogen-bond donors (Lipinski definition) is 2. The molecule has 1 aliphatic heterocycles. The Kier molecular flexibility index (Phi) is 12.2. The van der Waals surface area contributed by atoms with Crippen LogP contribution < -0.4 is 4.74 Å². The number of amides is 1. The average Bonchev–Trinajstić information content (AvgIpc) is 3.69. The van der Waals surface area contributed by atoms with Crippen molar-refractivity contribution in [1.82, 2.24) is 19.1 Å². The Hall–Kier alpha value is -3.25. The van der Waals surface area contributed by atoms with Crippen LogP contribution in [0.1, 0.15) is 53.2 Å². The Labute approximate surface area is 265 Å². The van der Waals surface area contributed by atoms with Crippen molar-refractivity contribution in [3.05, 3.63) is 41.1 Å². The molecule has 2 aromatic rings. The minimum absolute atomic E-state index is 0.0603. The van der Waals surface area contributed by atoms with Crippen LogP contribution in [-0.2, 0) is 26.1 Å². The number of rotatable bonds is 12. The number of benzene rings is 1. The van der Waals surface area contributed by atoms with Crippen LogP contribution in [-0.4, -0.2) is 121 Å². The Bertz CT molecular complexity index is 1450. The SMILES string of the molecule is COc1cc(C)c(S(=O)(=O)N(Cc2nc(C(=O)N3CCC(O)(COCCN(C)C)CC3)co2)C2CC2)c(C)c1.O=C(O)C(F)(F)F. The van der Waals surface area contributed by atoms with Crippen LogP contribution in [0.15, 0.2) is 27.7 Å². The first kappa shape index (κ1) is 37.2. The predicted octanol–water partition coefficient (Wildman–Crippen LogP) is 2.83. The number of aliphatic carboxylic acids is 1. The summed E-state index contributed by atoms with van der Waals surface area (Å²) < 4.78 is 77.1. The lowest BCUT2D eigenvalue weighted by atomic mass is 9.92. The molecule has 0 radical (unpaired) electrons. The van der Waals surface area contributed by atoms with Gasteiger partial charge in [0.2, 0.25) is 15.9 Å². The number of carboxylic acid groups (broad SMARTS) is 1. The fraction of sp³-hybridized carbons (Fsp3) is 0.621. The third-order valence-corrected chi connectivity index (χ3v) is 9.73. The third kappa shape index (κ3) is 9.87. The fourth-order valence-corrected chi connectivity index (χ4v) is 6.93. The van der Waals surface area contributed by atoms with E-state index in [2.05, 4.69) is 4.98 Å². The Balaban J connectivity index is 0.000000738. The van der Waals surface area contributed by atoms with Gasteiger partial charge in [0.1, 0.15) is 12.0 Å². The maximum Gasteiger partial charge on any atom is 0.490 e. The first-order valence-electron chi connectivity index (χ1n) is 14.5. The van der Waals surface area contributed by atoms with Crippen molar-refractivity contribution in [2.75, 3.05) is 54.1 Å². The number of likely N-dealkylation sites (N-methyl/N-ethyl adjacent to an activating group) is 1. The van der Waals surface area contributed by atoms with Crippen molar-refractivity contribution < 1.29 is 55.3 Å². The Morgan fingerprint density at radius 2 is 1.72 bits per heavy atom. The summed E-state index contributed by atoms with van der Waals surface area (Å²) in [5.74, 6) is -2.29. The molecule has 1 aromatic carbocycles. The number of alkyl halides is 3. The van der Waals surface area contributed by atoms with Gasteiger partial charge in [-0.2, -0.15) is 17.5 Å². The van der Waals surface area contributed by atoms with Gasteiger partial charge in [-0.15, -0.1) is 0 Å². The number of carbonyl (C=O) groups is 2. The number of ether oxygens (including phenoxy) is 2. The lowest BCUT2D eigenvalue weighted by Crippen LogP contribution is -2.49. The summed E-state index contributed by atoms with van der Waals surface area (Å²) in [6, 6.07) is 3.28. The van der Waals surface area contributed by atoms with Gasteiger partial charge in [0.25, 0.3) is 5.91 Å². The van der Waals surface area contributed by atoms with Crippen molar-refractivity contribution in [2.45, 2.75) is 68.8 Å². The van der Waals surface area contributed by atoms with Gasteiger partial charge in [-0.05, 0) is 76.9 Å². The van der Waals surface area contributed by atoms with Crippen LogP contribution >= 0.6 is 0 Å². The van der Waals surface area contributed by atoms with Crippen LogP contribution in [0.4, 0.5) is 13.2 Å². The summed E-state index contributed by atoms with van der Waals surface area (Å²) in [7, 11) is 1.63. The molecule has 258 valence electrons. The highest BCUT2D eigenvalue weighted by Crippen LogP contribution is 2.36. The normalized spacial score (nSPS) is 16.7. The first-order valence-corrected chi connectivity index (χ1v) is 16.0. The van der Waals surface area contributed by atoms with Gasteiger partial charge in [-0.3, -0.25) is 4.79 Å². The number of aliphatic hydroxyl groups is 1. The second-order valence-corrected chi connectivity index (χ2v) is 13.5. The van der Waals surface area contributed by atoms with Crippen LogP contribution in [0.25, 0.3) is 0 Å². The lowest BCUT2D eigenvalue weighted by molar-refractivity contribution is -0.192. The number of oxazole rings is 1. The standard InChI is InChI=1S/C27H40N4O7S.C2HF3O2/c1-19-14-22(36-5)15-20(2)25(19)39(34,35)31(21-6-7-21)16-24-28-23(17-38-24)26(32)30-10-8-27(33,9-11-30)18-37-13-12-29(3)4;3-2(4,5)1(6)7/h14-15,17,21,33H,6-13,16,18H2,1-5H3;(H,6,7). The molecule has 1 aliphatic carbocycles. The number of hydrogen-bond acceptors (Lipinski definition) is 10. The zero-order valence-electron chi connectivity index (χ0n) is 26.5. The van der Waals surface area contributed by atoms with Gasteiger partial charge in [-0.1, -0.05) is 0 Å². The van der Waals surface area contributed by atoms with E-state index in [1.54, 1.807) is 38.0 Å². The van der Waals surface area contributed by atoms with Crippen molar-refractivity contribution >= 4 is 21.9 Å². The Morgan fingerprint density at radius 3 is 2.20 bits per heavy atom. The second kappa shape index (κ2) is 15.1. The number of carboxylic acids is 1. The smallest absolute Gasteiger partial charge is 0.490 e. The third-order valence-electron chi connectivity index (χ3n) is 7.53. The maximum atomic E-state index is 13.7. The van der Waals surface area contributed by atoms with E-state index < -0.39 is 27.8 Å². The highest BCUT2D eigenvalue weighted by Gasteiger charge is 2.41. The van der Waals surface area contributed by atoms with E-state index in [1.807, 2.05) is 19.0 Å². The minimum atomic E-state index is -5.08. The number of nitrogens with zero attached hydrogens (tertiary/aromatic N) is 4. The molecule has 0 bridgehead atoms. The molecular weight excluding hydrogens is 637 g/mol. The highest BCUT2D eigenvalue weighted by molar-refractivity contribution is 7.89. The van der Waals surface area contributed by atoms with Gasteiger partial charge >= 0.3 is 12.1 Å². The molecule has 2 aliphatic rings. The van der Waals surface area contributed by atoms with Gasteiger partial charge in [0.15, 0.2) is 5.69 Å². The van der Waals surface area contributed by atoms with Gasteiger partial charge in [0.05, 0.1) is 37.4 Å². The fourth-order valence-electron chi connectivity index (χ4n) is 4.88. The highest BCUT2D eigenvalue weighted by atomic mass is 32.2. The molecule has 1 aromatic heterocycles. The van der Waals surface area contributed by atoms with Crippen LogP contribution in [0, 0.1) is 13.8 Å². The summed E-state index contributed by atoms with van der Waals surface area (Å²) in [4.78, 5) is 30.2. The van der Waals surface area contributed by atoms with Gasteiger partial charge in [-0.25, -0.2) is 18.2 Å². The topological polar surface area (TPSA) is 163 Å². The quantitative estimate of drug-likeness (QED) is 0.318. The number of aryl methyl sites for hydroxylation is 2. The summed E-state index contributed by atoms with van der Waals surface area (Å²) >= 11 is 0. The number of likely N-dealkylation sites (tertiary alicyclic amines) is 1. The largest absolute Gasteiger partial charge is 0.497 e. The molecule has 1 saturated heterocycles. The molecule has 1 amide bonds. The van der Waals surface area contributed by atoms with E-state index in [4.69, 9.17) is 23.8 Å². The summed E-state index contributed by atoms with van der Waals surface area (Å²) in [5, 5.41) is 18.0. The lowest BCUT2D eigenvalue weighted by Gasteiger charge is -2.37. The maximum absolute atomic E-state index is 13.7. The van der Waals surface area contributed by atoms with E-state index in [9.17, 15) is 31.5 Å². The van der Waals surface area contributed by atoms with Crippen LogP contribution in [0.2, 0.25) is 0 Å². The molecule has 4 rings (SSSR count). The van der Waals surface area contributed by atoms with Gasteiger partial charge < -0.3 is 33.9 Å². The molecule has 1 saturated carbocycles. The molecule has 13 nitrogen and oxygen atoms in total. The molecule has 0 spiro atoms. The van der Waals surface area contributed by atoms with Crippen LogP contribution in [0.3, 0.4) is 0 Å². The van der Waals surface area contributed by atoms with Crippen molar-refractivity contribution in [1.29, 1.82) is 0 Å². The molecule has 46 heavy (non-hydrogen) atoms. The Morgan fingerprint density at radius 1 is 1.15 bits per heavy atom. The zero-order chi connectivity index (χ0) is 34.4.